The van der Waals surface area contributed by atoms with Crippen LogP contribution in [0.25, 0.3) is 0 Å². The Morgan fingerprint density at radius 1 is 1.14 bits per heavy atom. The van der Waals surface area contributed by atoms with Crippen molar-refractivity contribution in [3.05, 3.63) is 23.3 Å². The number of hydrogen-bond acceptors (Lipinski definition) is 7. The maximum absolute atomic E-state index is 13.4. The summed E-state index contributed by atoms with van der Waals surface area (Å²) in [5.74, 6) is 1.85. The summed E-state index contributed by atoms with van der Waals surface area (Å²) in [7, 11) is -5.60. The maximum atomic E-state index is 13.4. The first-order valence-corrected chi connectivity index (χ1v) is 15.6. The standard InChI is InChI=1S/C23H36N4O6S2/c1-3-24-35(30,31)25(2)8-5-11-34(28,29)27-9-4-6-18-15-26-10-7-17-12-22-23(33-16-32-22)13-19(17)21(26)14-20(18)27/h12-13,18,20-21,24H,3-11,14-16H2,1-2H3/t18-,20+,21+/m1/s1. The Morgan fingerprint density at radius 2 is 1.91 bits per heavy atom. The third-order valence-electron chi connectivity index (χ3n) is 7.87. The van der Waals surface area contributed by atoms with E-state index in [0.717, 1.165) is 50.3 Å². The lowest BCUT2D eigenvalue weighted by Gasteiger charge is -2.51. The molecule has 1 N–H and O–H groups in total. The Kier molecular flexibility index (Phi) is 7.05. The van der Waals surface area contributed by atoms with Crippen molar-refractivity contribution in [2.45, 2.75) is 51.1 Å². The number of rotatable bonds is 8. The monoisotopic (exact) mass is 528 g/mol. The zero-order valence-electron chi connectivity index (χ0n) is 20.5. The molecule has 0 amide bonds. The Labute approximate surface area is 208 Å². The molecule has 196 valence electrons. The van der Waals surface area contributed by atoms with E-state index in [1.807, 2.05) is 0 Å². The summed E-state index contributed by atoms with van der Waals surface area (Å²) in [6, 6.07) is 4.32. The summed E-state index contributed by atoms with van der Waals surface area (Å²) in [5.41, 5.74) is 2.50. The summed E-state index contributed by atoms with van der Waals surface area (Å²) in [6.07, 6.45) is 3.90. The van der Waals surface area contributed by atoms with Crippen molar-refractivity contribution in [1.29, 1.82) is 0 Å². The average Bonchev–Trinajstić information content (AvgIpc) is 3.28. The van der Waals surface area contributed by atoms with E-state index in [4.69, 9.17) is 9.47 Å². The van der Waals surface area contributed by atoms with E-state index in [-0.39, 0.29) is 37.6 Å². The van der Waals surface area contributed by atoms with Crippen molar-refractivity contribution in [3.8, 4) is 11.5 Å². The Balaban J connectivity index is 1.30. The van der Waals surface area contributed by atoms with Gasteiger partial charge in [0.1, 0.15) is 0 Å². The highest BCUT2D eigenvalue weighted by atomic mass is 32.2. The third kappa shape index (κ3) is 4.93. The fourth-order valence-electron chi connectivity index (χ4n) is 6.14. The maximum Gasteiger partial charge on any atom is 0.279 e. The van der Waals surface area contributed by atoms with Crippen LogP contribution < -0.4 is 14.2 Å². The van der Waals surface area contributed by atoms with Crippen LogP contribution in [0.3, 0.4) is 0 Å². The molecule has 1 aromatic rings. The van der Waals surface area contributed by atoms with Crippen molar-refractivity contribution < 1.29 is 26.3 Å². The van der Waals surface area contributed by atoms with Crippen LogP contribution >= 0.6 is 0 Å². The minimum atomic E-state index is -3.57. The smallest absolute Gasteiger partial charge is 0.279 e. The zero-order chi connectivity index (χ0) is 24.8. The van der Waals surface area contributed by atoms with Gasteiger partial charge in [-0.2, -0.15) is 17.0 Å². The molecule has 35 heavy (non-hydrogen) atoms. The number of hydrogen-bond donors (Lipinski definition) is 1. The van der Waals surface area contributed by atoms with Gasteiger partial charge in [-0.1, -0.05) is 6.92 Å². The third-order valence-corrected chi connectivity index (χ3v) is 11.5. The number of piperidine rings is 2. The average molecular weight is 529 g/mol. The van der Waals surface area contributed by atoms with Gasteiger partial charge in [-0.05, 0) is 61.3 Å². The van der Waals surface area contributed by atoms with Crippen molar-refractivity contribution in [1.82, 2.24) is 18.2 Å². The molecule has 0 aliphatic carbocycles. The first-order valence-electron chi connectivity index (χ1n) is 12.6. The Morgan fingerprint density at radius 3 is 2.69 bits per heavy atom. The predicted octanol–water partition coefficient (Wildman–Crippen LogP) is 1.30. The van der Waals surface area contributed by atoms with Crippen LogP contribution in [-0.4, -0.2) is 88.7 Å². The van der Waals surface area contributed by atoms with Crippen molar-refractivity contribution >= 4 is 20.2 Å². The van der Waals surface area contributed by atoms with E-state index in [2.05, 4.69) is 21.8 Å². The molecule has 10 nitrogen and oxygen atoms in total. The quantitative estimate of drug-likeness (QED) is 0.542. The fourth-order valence-corrected chi connectivity index (χ4v) is 8.90. The van der Waals surface area contributed by atoms with Gasteiger partial charge >= 0.3 is 0 Å². The lowest BCUT2D eigenvalue weighted by molar-refractivity contribution is 0.0219. The summed E-state index contributed by atoms with van der Waals surface area (Å²) >= 11 is 0. The first-order chi connectivity index (χ1) is 16.7. The van der Waals surface area contributed by atoms with Gasteiger partial charge in [-0.3, -0.25) is 4.90 Å². The van der Waals surface area contributed by atoms with Gasteiger partial charge in [0.05, 0.1) is 5.75 Å². The van der Waals surface area contributed by atoms with E-state index in [1.54, 1.807) is 11.2 Å². The normalized spacial score (nSPS) is 26.9. The highest BCUT2D eigenvalue weighted by molar-refractivity contribution is 7.89. The minimum Gasteiger partial charge on any atom is -0.454 e. The van der Waals surface area contributed by atoms with Crippen LogP contribution in [0.2, 0.25) is 0 Å². The van der Waals surface area contributed by atoms with E-state index >= 15 is 0 Å². The number of benzene rings is 1. The SMILES string of the molecule is CCNS(=O)(=O)N(C)CCCS(=O)(=O)N1CCC[C@@H]2CN3CCc4cc5c(cc4[C@@H]3C[C@@H]21)OCO5. The molecule has 0 saturated carbocycles. The molecule has 12 heteroatoms. The lowest BCUT2D eigenvalue weighted by atomic mass is 9.77. The second-order valence-electron chi connectivity index (χ2n) is 9.98. The van der Waals surface area contributed by atoms with Crippen LogP contribution in [0, 0.1) is 5.92 Å². The molecule has 1 aromatic carbocycles. The second-order valence-corrected chi connectivity index (χ2v) is 13.9. The summed E-state index contributed by atoms with van der Waals surface area (Å²) < 4.78 is 67.7. The van der Waals surface area contributed by atoms with Crippen LogP contribution in [0.15, 0.2) is 12.1 Å². The minimum absolute atomic E-state index is 0.0328. The molecule has 0 unspecified atom stereocenters. The van der Waals surface area contributed by atoms with Crippen LogP contribution in [0.1, 0.15) is 49.8 Å². The van der Waals surface area contributed by atoms with Gasteiger partial charge < -0.3 is 9.47 Å². The van der Waals surface area contributed by atoms with E-state index < -0.39 is 20.2 Å². The summed E-state index contributed by atoms with van der Waals surface area (Å²) in [6.45, 7) is 4.83. The molecule has 0 bridgehead atoms. The van der Waals surface area contributed by atoms with Crippen molar-refractivity contribution in [3.63, 3.8) is 0 Å². The number of nitrogens with zero attached hydrogens (tertiary/aromatic N) is 3. The van der Waals surface area contributed by atoms with E-state index in [1.165, 1.54) is 22.5 Å². The van der Waals surface area contributed by atoms with Crippen molar-refractivity contribution in [2.24, 2.45) is 5.92 Å². The molecule has 0 radical (unpaired) electrons. The van der Waals surface area contributed by atoms with Gasteiger partial charge in [0.25, 0.3) is 10.2 Å². The Hall–Kier alpha value is -1.44. The van der Waals surface area contributed by atoms with E-state index in [9.17, 15) is 16.8 Å². The van der Waals surface area contributed by atoms with Gasteiger partial charge in [0.2, 0.25) is 16.8 Å². The Bertz CT molecular complexity index is 1160. The highest BCUT2D eigenvalue weighted by Crippen LogP contribution is 2.46. The van der Waals surface area contributed by atoms with Gasteiger partial charge in [-0.15, -0.1) is 0 Å². The summed E-state index contributed by atoms with van der Waals surface area (Å²) in [5, 5.41) is 0. The lowest BCUT2D eigenvalue weighted by Crippen LogP contribution is -2.57. The topological polar surface area (TPSA) is 108 Å². The molecule has 2 saturated heterocycles. The molecular formula is C23H36N4O6S2. The fraction of sp³-hybridized carbons (Fsp3) is 0.739. The molecule has 0 spiro atoms. The number of nitrogens with one attached hydrogen (secondary N) is 1. The molecule has 4 heterocycles. The molecule has 2 fully saturated rings. The van der Waals surface area contributed by atoms with Gasteiger partial charge in [0.15, 0.2) is 11.5 Å². The van der Waals surface area contributed by atoms with Crippen molar-refractivity contribution in [2.75, 3.05) is 52.3 Å². The molecular weight excluding hydrogens is 492 g/mol. The summed E-state index contributed by atoms with van der Waals surface area (Å²) in [4.78, 5) is 2.52. The molecule has 5 rings (SSSR count). The predicted molar refractivity (Wildman–Crippen MR) is 132 cm³/mol. The van der Waals surface area contributed by atoms with E-state index in [0.29, 0.717) is 19.0 Å². The molecule has 0 aromatic heterocycles. The van der Waals surface area contributed by atoms with Crippen LogP contribution in [-0.2, 0) is 26.7 Å². The highest BCUT2D eigenvalue weighted by Gasteiger charge is 2.46. The number of ether oxygens (including phenoxy) is 2. The number of fused-ring (bicyclic) bond motifs is 5. The van der Waals surface area contributed by atoms with Gasteiger partial charge in [0, 0.05) is 51.9 Å². The van der Waals surface area contributed by atoms with Crippen LogP contribution in [0.5, 0.6) is 11.5 Å². The first kappa shape index (κ1) is 25.2. The molecule has 4 aliphatic heterocycles. The molecule has 4 aliphatic rings. The van der Waals surface area contributed by atoms with Gasteiger partial charge in [-0.25, -0.2) is 13.1 Å². The van der Waals surface area contributed by atoms with Crippen LogP contribution in [0.4, 0.5) is 0 Å². The number of sulfonamides is 1. The molecule has 3 atom stereocenters. The largest absolute Gasteiger partial charge is 0.454 e. The second kappa shape index (κ2) is 9.79. The zero-order valence-corrected chi connectivity index (χ0v) is 22.1.